The fraction of sp³-hybridized carbons (Fsp3) is 0.429. The standard InChI is InChI=1S/C14H18N2O4/c15-12-7-10(5-6-11(12)14(18)19)20-8-13(17)16-9-3-1-2-4-9/h5-7,9H,1-4,8,15H2,(H,16,17)(H,18,19). The third-order valence-electron chi connectivity index (χ3n) is 3.34. The number of nitrogens with one attached hydrogen (secondary N) is 1. The Morgan fingerprint density at radius 1 is 1.35 bits per heavy atom. The minimum atomic E-state index is -1.09. The Labute approximate surface area is 116 Å². The Morgan fingerprint density at radius 3 is 2.65 bits per heavy atom. The van der Waals surface area contributed by atoms with E-state index in [9.17, 15) is 9.59 Å². The van der Waals surface area contributed by atoms with E-state index in [2.05, 4.69) is 5.32 Å². The lowest BCUT2D eigenvalue weighted by Crippen LogP contribution is -2.36. The zero-order chi connectivity index (χ0) is 14.5. The molecule has 2 rings (SSSR count). The first kappa shape index (κ1) is 14.2. The molecule has 4 N–H and O–H groups in total. The maximum absolute atomic E-state index is 11.7. The molecule has 1 aliphatic carbocycles. The minimum Gasteiger partial charge on any atom is -0.484 e. The fourth-order valence-corrected chi connectivity index (χ4v) is 2.31. The van der Waals surface area contributed by atoms with Gasteiger partial charge in [-0.05, 0) is 25.0 Å². The van der Waals surface area contributed by atoms with E-state index in [0.717, 1.165) is 25.7 Å². The summed E-state index contributed by atoms with van der Waals surface area (Å²) in [7, 11) is 0. The van der Waals surface area contributed by atoms with Crippen molar-refractivity contribution in [3.8, 4) is 5.75 Å². The number of hydrogen-bond donors (Lipinski definition) is 3. The molecule has 1 aliphatic rings. The molecule has 0 unspecified atom stereocenters. The summed E-state index contributed by atoms with van der Waals surface area (Å²) >= 11 is 0. The van der Waals surface area contributed by atoms with Gasteiger partial charge in [-0.3, -0.25) is 4.79 Å². The summed E-state index contributed by atoms with van der Waals surface area (Å²) in [4.78, 5) is 22.5. The largest absolute Gasteiger partial charge is 0.484 e. The van der Waals surface area contributed by atoms with Crippen molar-refractivity contribution in [1.29, 1.82) is 0 Å². The molecule has 0 radical (unpaired) electrons. The predicted octanol–water partition coefficient (Wildman–Crippen LogP) is 1.40. The van der Waals surface area contributed by atoms with Gasteiger partial charge in [-0.1, -0.05) is 12.8 Å². The Bertz CT molecular complexity index is 510. The Kier molecular flexibility index (Phi) is 4.45. The van der Waals surface area contributed by atoms with Crippen LogP contribution >= 0.6 is 0 Å². The van der Waals surface area contributed by atoms with Crippen molar-refractivity contribution < 1.29 is 19.4 Å². The van der Waals surface area contributed by atoms with Crippen LogP contribution in [0.15, 0.2) is 18.2 Å². The van der Waals surface area contributed by atoms with Gasteiger partial charge in [0, 0.05) is 17.8 Å². The zero-order valence-electron chi connectivity index (χ0n) is 11.1. The molecule has 6 nitrogen and oxygen atoms in total. The number of carboxylic acids is 1. The molecule has 108 valence electrons. The molecule has 0 heterocycles. The van der Waals surface area contributed by atoms with Crippen LogP contribution in [0.5, 0.6) is 5.75 Å². The monoisotopic (exact) mass is 278 g/mol. The van der Waals surface area contributed by atoms with E-state index in [4.69, 9.17) is 15.6 Å². The van der Waals surface area contributed by atoms with Crippen LogP contribution in [-0.2, 0) is 4.79 Å². The van der Waals surface area contributed by atoms with Crippen molar-refractivity contribution in [2.45, 2.75) is 31.7 Å². The zero-order valence-corrected chi connectivity index (χ0v) is 11.1. The van der Waals surface area contributed by atoms with Gasteiger partial charge in [-0.25, -0.2) is 4.79 Å². The third-order valence-corrected chi connectivity index (χ3v) is 3.34. The first-order valence-electron chi connectivity index (χ1n) is 6.61. The van der Waals surface area contributed by atoms with E-state index in [0.29, 0.717) is 5.75 Å². The van der Waals surface area contributed by atoms with Gasteiger partial charge >= 0.3 is 5.97 Å². The van der Waals surface area contributed by atoms with Crippen LogP contribution in [0, 0.1) is 0 Å². The normalized spacial score (nSPS) is 15.0. The van der Waals surface area contributed by atoms with E-state index < -0.39 is 5.97 Å². The minimum absolute atomic E-state index is 0.0211. The molecule has 1 saturated carbocycles. The van der Waals surface area contributed by atoms with Crippen LogP contribution in [0.3, 0.4) is 0 Å². The van der Waals surface area contributed by atoms with Crippen molar-refractivity contribution in [3.05, 3.63) is 23.8 Å². The summed E-state index contributed by atoms with van der Waals surface area (Å²) < 4.78 is 5.31. The van der Waals surface area contributed by atoms with Gasteiger partial charge < -0.3 is 20.9 Å². The molecule has 20 heavy (non-hydrogen) atoms. The lowest BCUT2D eigenvalue weighted by Gasteiger charge is -2.13. The van der Waals surface area contributed by atoms with Crippen LogP contribution in [-0.4, -0.2) is 29.6 Å². The Morgan fingerprint density at radius 2 is 2.05 bits per heavy atom. The average Bonchev–Trinajstić information content (AvgIpc) is 2.89. The number of carbonyl (C=O) groups excluding carboxylic acids is 1. The number of rotatable bonds is 5. The van der Waals surface area contributed by atoms with E-state index in [1.807, 2.05) is 0 Å². The molecule has 0 spiro atoms. The van der Waals surface area contributed by atoms with Gasteiger partial charge in [0.2, 0.25) is 0 Å². The highest BCUT2D eigenvalue weighted by Crippen LogP contribution is 2.20. The summed E-state index contributed by atoms with van der Waals surface area (Å²) in [6.45, 7) is -0.0949. The van der Waals surface area contributed by atoms with E-state index in [1.54, 1.807) is 0 Å². The highest BCUT2D eigenvalue weighted by Gasteiger charge is 2.17. The molecule has 1 aromatic rings. The van der Waals surface area contributed by atoms with Crippen molar-refractivity contribution in [2.75, 3.05) is 12.3 Å². The smallest absolute Gasteiger partial charge is 0.337 e. The highest BCUT2D eigenvalue weighted by molar-refractivity contribution is 5.93. The fourth-order valence-electron chi connectivity index (χ4n) is 2.31. The number of carbonyl (C=O) groups is 2. The number of hydrogen-bond acceptors (Lipinski definition) is 4. The quantitative estimate of drug-likeness (QED) is 0.707. The predicted molar refractivity (Wildman–Crippen MR) is 73.7 cm³/mol. The van der Waals surface area contributed by atoms with Gasteiger partial charge in [0.05, 0.1) is 5.56 Å². The number of aromatic carboxylic acids is 1. The van der Waals surface area contributed by atoms with Gasteiger partial charge in [-0.2, -0.15) is 0 Å². The molecular formula is C14H18N2O4. The van der Waals surface area contributed by atoms with Crippen LogP contribution in [0.4, 0.5) is 5.69 Å². The maximum Gasteiger partial charge on any atom is 0.337 e. The SMILES string of the molecule is Nc1cc(OCC(=O)NC2CCCC2)ccc1C(=O)O. The summed E-state index contributed by atoms with van der Waals surface area (Å²) in [5.41, 5.74) is 5.74. The van der Waals surface area contributed by atoms with Crippen LogP contribution in [0.2, 0.25) is 0 Å². The van der Waals surface area contributed by atoms with Gasteiger partial charge in [-0.15, -0.1) is 0 Å². The molecule has 6 heteroatoms. The second-order valence-electron chi connectivity index (χ2n) is 4.89. The number of carboxylic acid groups (broad SMARTS) is 1. The number of amides is 1. The lowest BCUT2D eigenvalue weighted by atomic mass is 10.2. The molecule has 1 amide bonds. The first-order chi connectivity index (χ1) is 9.56. The van der Waals surface area contributed by atoms with E-state index in [1.165, 1.54) is 18.2 Å². The summed E-state index contributed by atoms with van der Waals surface area (Å²) in [6, 6.07) is 4.52. The van der Waals surface area contributed by atoms with E-state index >= 15 is 0 Å². The lowest BCUT2D eigenvalue weighted by molar-refractivity contribution is -0.123. The molecule has 0 aromatic heterocycles. The average molecular weight is 278 g/mol. The molecule has 1 aromatic carbocycles. The first-order valence-corrected chi connectivity index (χ1v) is 6.61. The summed E-state index contributed by atoms with van der Waals surface area (Å²) in [5, 5.41) is 11.8. The summed E-state index contributed by atoms with van der Waals surface area (Å²) in [6.07, 6.45) is 4.34. The van der Waals surface area contributed by atoms with Crippen LogP contribution in [0.1, 0.15) is 36.0 Å². The molecule has 0 atom stereocenters. The second kappa shape index (κ2) is 6.27. The van der Waals surface area contributed by atoms with Crippen molar-refractivity contribution in [2.24, 2.45) is 0 Å². The Balaban J connectivity index is 1.85. The van der Waals surface area contributed by atoms with Crippen LogP contribution < -0.4 is 15.8 Å². The van der Waals surface area contributed by atoms with Crippen molar-refractivity contribution in [1.82, 2.24) is 5.32 Å². The third kappa shape index (κ3) is 3.63. The molecule has 1 fully saturated rings. The molecular weight excluding hydrogens is 260 g/mol. The number of ether oxygens (including phenoxy) is 1. The molecule has 0 bridgehead atoms. The maximum atomic E-state index is 11.7. The number of anilines is 1. The Hall–Kier alpha value is -2.24. The number of nitrogens with two attached hydrogens (primary N) is 1. The van der Waals surface area contributed by atoms with Gasteiger partial charge in [0.25, 0.3) is 5.91 Å². The van der Waals surface area contributed by atoms with E-state index in [-0.39, 0.29) is 29.8 Å². The van der Waals surface area contributed by atoms with Gasteiger partial charge in [0.15, 0.2) is 6.61 Å². The van der Waals surface area contributed by atoms with Crippen molar-refractivity contribution >= 4 is 17.6 Å². The highest BCUT2D eigenvalue weighted by atomic mass is 16.5. The summed E-state index contributed by atoms with van der Waals surface area (Å²) in [5.74, 6) is -0.875. The topological polar surface area (TPSA) is 102 Å². The molecule has 0 aliphatic heterocycles. The molecule has 0 saturated heterocycles. The number of nitrogen functional groups attached to an aromatic ring is 1. The number of benzene rings is 1. The van der Waals surface area contributed by atoms with Crippen molar-refractivity contribution in [3.63, 3.8) is 0 Å². The van der Waals surface area contributed by atoms with Crippen LogP contribution in [0.25, 0.3) is 0 Å². The van der Waals surface area contributed by atoms with Gasteiger partial charge in [0.1, 0.15) is 5.75 Å². The second-order valence-corrected chi connectivity index (χ2v) is 4.89.